The first kappa shape index (κ1) is 11.9. The van der Waals surface area contributed by atoms with Crippen LogP contribution in [-0.2, 0) is 6.42 Å². The van der Waals surface area contributed by atoms with Gasteiger partial charge in [0.1, 0.15) is 10.5 Å². The molecule has 0 aliphatic heterocycles. The first-order valence-corrected chi connectivity index (χ1v) is 6.84. The maximum atomic E-state index is 6.16. The third kappa shape index (κ3) is 2.62. The molecule has 1 fully saturated rings. The highest BCUT2D eigenvalue weighted by Gasteiger charge is 2.24. The molecule has 0 saturated heterocycles. The zero-order valence-corrected chi connectivity index (χ0v) is 11.4. The number of hydrogen-bond acceptors (Lipinski definition) is 2. The molecule has 2 nitrogen and oxygen atoms in total. The van der Waals surface area contributed by atoms with E-state index in [4.69, 9.17) is 23.8 Å². The monoisotopic (exact) mass is 276 g/mol. The van der Waals surface area contributed by atoms with E-state index < -0.39 is 0 Å². The quantitative estimate of drug-likeness (QED) is 0.849. The fraction of sp³-hybridized carbons (Fsp3) is 0.286. The van der Waals surface area contributed by atoms with Gasteiger partial charge < -0.3 is 4.98 Å². The van der Waals surface area contributed by atoms with E-state index in [0.717, 1.165) is 16.4 Å². The molecule has 0 spiro atoms. The minimum atomic E-state index is 0.652. The SMILES string of the molecule is S=c1cc(C2CC2)[nH]c(Cc2ccccc2Cl)n1. The first-order valence-electron chi connectivity index (χ1n) is 6.06. The molecule has 1 aliphatic carbocycles. The summed E-state index contributed by atoms with van der Waals surface area (Å²) in [6.07, 6.45) is 3.20. The second-order valence-corrected chi connectivity index (χ2v) is 5.49. The third-order valence-corrected chi connectivity index (χ3v) is 3.72. The van der Waals surface area contributed by atoms with Crippen LogP contribution in [0.2, 0.25) is 5.02 Å². The molecule has 0 radical (unpaired) electrons. The van der Waals surface area contributed by atoms with Gasteiger partial charge >= 0.3 is 0 Å². The van der Waals surface area contributed by atoms with E-state index in [1.807, 2.05) is 30.3 Å². The number of nitrogens with one attached hydrogen (secondary N) is 1. The van der Waals surface area contributed by atoms with Crippen LogP contribution in [0.15, 0.2) is 30.3 Å². The molecule has 1 heterocycles. The summed E-state index contributed by atoms with van der Waals surface area (Å²) in [5, 5.41) is 0.774. The van der Waals surface area contributed by atoms with Crippen LogP contribution in [0.3, 0.4) is 0 Å². The van der Waals surface area contributed by atoms with Crippen molar-refractivity contribution in [3.8, 4) is 0 Å². The van der Waals surface area contributed by atoms with E-state index in [1.165, 1.54) is 18.5 Å². The van der Waals surface area contributed by atoms with Crippen molar-refractivity contribution >= 4 is 23.8 Å². The van der Waals surface area contributed by atoms with Gasteiger partial charge in [0.15, 0.2) is 0 Å². The molecular formula is C14H13ClN2S. The van der Waals surface area contributed by atoms with Crippen LogP contribution in [0, 0.1) is 4.64 Å². The number of halogens is 1. The van der Waals surface area contributed by atoms with Crippen LogP contribution in [0.25, 0.3) is 0 Å². The van der Waals surface area contributed by atoms with Crippen molar-refractivity contribution in [3.63, 3.8) is 0 Å². The molecule has 1 aromatic heterocycles. The Balaban J connectivity index is 1.93. The zero-order valence-electron chi connectivity index (χ0n) is 9.82. The van der Waals surface area contributed by atoms with Crippen LogP contribution in [0.1, 0.15) is 35.8 Å². The largest absolute Gasteiger partial charge is 0.347 e. The summed E-state index contributed by atoms with van der Waals surface area (Å²) in [4.78, 5) is 7.77. The Labute approximate surface area is 116 Å². The third-order valence-electron chi connectivity index (χ3n) is 3.15. The highest BCUT2D eigenvalue weighted by Crippen LogP contribution is 2.38. The number of benzene rings is 1. The zero-order chi connectivity index (χ0) is 12.5. The first-order chi connectivity index (χ1) is 8.72. The Morgan fingerprint density at radius 1 is 1.33 bits per heavy atom. The summed E-state index contributed by atoms with van der Waals surface area (Å²) < 4.78 is 0.665. The Hall–Kier alpha value is -1.19. The van der Waals surface area contributed by atoms with E-state index in [-0.39, 0.29) is 0 Å². The van der Waals surface area contributed by atoms with E-state index in [0.29, 0.717) is 17.0 Å². The molecule has 1 N–H and O–H groups in total. The summed E-state index contributed by atoms with van der Waals surface area (Å²) >= 11 is 11.4. The smallest absolute Gasteiger partial charge is 0.130 e. The maximum absolute atomic E-state index is 6.16. The summed E-state index contributed by atoms with van der Waals surface area (Å²) in [6.45, 7) is 0. The molecule has 2 aromatic rings. The number of aromatic nitrogens is 2. The molecule has 0 bridgehead atoms. The van der Waals surface area contributed by atoms with Gasteiger partial charge in [0, 0.05) is 17.1 Å². The lowest BCUT2D eigenvalue weighted by atomic mass is 10.1. The molecule has 0 unspecified atom stereocenters. The lowest BCUT2D eigenvalue weighted by Gasteiger charge is -2.06. The molecule has 4 heteroatoms. The maximum Gasteiger partial charge on any atom is 0.130 e. The van der Waals surface area contributed by atoms with E-state index >= 15 is 0 Å². The summed E-state index contributed by atoms with van der Waals surface area (Å²) in [5.74, 6) is 1.55. The molecule has 18 heavy (non-hydrogen) atoms. The normalized spacial score (nSPS) is 14.7. The van der Waals surface area contributed by atoms with Gasteiger partial charge in [-0.1, -0.05) is 42.0 Å². The van der Waals surface area contributed by atoms with Crippen molar-refractivity contribution in [3.05, 3.63) is 57.1 Å². The Morgan fingerprint density at radius 3 is 2.83 bits per heavy atom. The highest BCUT2D eigenvalue weighted by molar-refractivity contribution is 7.71. The van der Waals surface area contributed by atoms with Crippen LogP contribution < -0.4 is 0 Å². The van der Waals surface area contributed by atoms with Crippen LogP contribution in [-0.4, -0.2) is 9.97 Å². The van der Waals surface area contributed by atoms with Crippen LogP contribution >= 0.6 is 23.8 Å². The minimum Gasteiger partial charge on any atom is -0.347 e. The lowest BCUT2D eigenvalue weighted by molar-refractivity contribution is 0.893. The topological polar surface area (TPSA) is 28.7 Å². The van der Waals surface area contributed by atoms with E-state index in [9.17, 15) is 0 Å². The van der Waals surface area contributed by atoms with Gasteiger partial charge in [0.05, 0.1) is 0 Å². The average Bonchev–Trinajstić information content (AvgIpc) is 3.15. The fourth-order valence-electron chi connectivity index (χ4n) is 2.05. The summed E-state index contributed by atoms with van der Waals surface area (Å²) in [7, 11) is 0. The van der Waals surface area contributed by atoms with Crippen molar-refractivity contribution < 1.29 is 0 Å². The van der Waals surface area contributed by atoms with Gasteiger partial charge in [0.25, 0.3) is 0 Å². The predicted molar refractivity (Wildman–Crippen MR) is 75.7 cm³/mol. The summed E-state index contributed by atoms with van der Waals surface area (Å²) in [5.41, 5.74) is 2.29. The second-order valence-electron chi connectivity index (χ2n) is 4.66. The lowest BCUT2D eigenvalue weighted by Crippen LogP contribution is -2.00. The number of aromatic amines is 1. The molecule has 1 aliphatic rings. The van der Waals surface area contributed by atoms with Gasteiger partial charge in [-0.05, 0) is 36.5 Å². The molecule has 0 amide bonds. The number of H-pyrrole nitrogens is 1. The van der Waals surface area contributed by atoms with Gasteiger partial charge in [-0.2, -0.15) is 0 Å². The van der Waals surface area contributed by atoms with E-state index in [2.05, 4.69) is 9.97 Å². The molecule has 0 atom stereocenters. The van der Waals surface area contributed by atoms with Crippen molar-refractivity contribution in [1.29, 1.82) is 0 Å². The molecule has 3 rings (SSSR count). The fourth-order valence-corrected chi connectivity index (χ4v) is 2.49. The molecular weight excluding hydrogens is 264 g/mol. The number of rotatable bonds is 3. The van der Waals surface area contributed by atoms with Crippen molar-refractivity contribution in [1.82, 2.24) is 9.97 Å². The van der Waals surface area contributed by atoms with Crippen molar-refractivity contribution in [2.24, 2.45) is 0 Å². The Morgan fingerprint density at radius 2 is 2.11 bits per heavy atom. The number of hydrogen-bond donors (Lipinski definition) is 1. The van der Waals surface area contributed by atoms with Crippen LogP contribution in [0.5, 0.6) is 0 Å². The minimum absolute atomic E-state index is 0.652. The standard InChI is InChI=1S/C14H13ClN2S/c15-11-4-2-1-3-10(11)7-13-16-12(9-5-6-9)8-14(18)17-13/h1-4,8-9H,5-7H2,(H,16,17,18). The van der Waals surface area contributed by atoms with Gasteiger partial charge in [0.2, 0.25) is 0 Å². The van der Waals surface area contributed by atoms with Gasteiger partial charge in [-0.15, -0.1) is 0 Å². The van der Waals surface area contributed by atoms with Gasteiger partial charge in [-0.3, -0.25) is 0 Å². The molecule has 1 aromatic carbocycles. The predicted octanol–water partition coefficient (Wildman–Crippen LogP) is 4.26. The second kappa shape index (κ2) is 4.82. The molecule has 1 saturated carbocycles. The van der Waals surface area contributed by atoms with E-state index in [1.54, 1.807) is 0 Å². The van der Waals surface area contributed by atoms with Crippen molar-refractivity contribution in [2.45, 2.75) is 25.2 Å². The average molecular weight is 277 g/mol. The summed E-state index contributed by atoms with van der Waals surface area (Å²) in [6, 6.07) is 9.81. The Bertz CT molecular complexity index is 632. The van der Waals surface area contributed by atoms with Gasteiger partial charge in [-0.25, -0.2) is 4.98 Å². The van der Waals surface area contributed by atoms with Crippen LogP contribution in [0.4, 0.5) is 0 Å². The highest BCUT2D eigenvalue weighted by atomic mass is 35.5. The molecule has 92 valence electrons. The Kier molecular flexibility index (Phi) is 3.18. The van der Waals surface area contributed by atoms with Crippen molar-refractivity contribution in [2.75, 3.05) is 0 Å². The number of nitrogens with zero attached hydrogens (tertiary/aromatic N) is 1.